The largest absolute Gasteiger partial charge is 0.454 e. The van der Waals surface area contributed by atoms with Crippen LogP contribution in [0.25, 0.3) is 0 Å². The lowest BCUT2D eigenvalue weighted by atomic mass is 10.1. The molecular formula is C16H11N3O3. The highest BCUT2D eigenvalue weighted by Crippen LogP contribution is 2.36. The molecule has 3 rings (SSSR count). The fraction of sp³-hybridized carbons (Fsp3) is 0.0625. The molecule has 22 heavy (non-hydrogen) atoms. The fourth-order valence-corrected chi connectivity index (χ4v) is 2.12. The van der Waals surface area contributed by atoms with Gasteiger partial charge in [-0.25, -0.2) is 0 Å². The molecule has 0 unspecified atom stereocenters. The number of anilines is 2. The van der Waals surface area contributed by atoms with Gasteiger partial charge in [0.2, 0.25) is 5.91 Å². The van der Waals surface area contributed by atoms with Crippen molar-refractivity contribution in [3.05, 3.63) is 48.0 Å². The van der Waals surface area contributed by atoms with Crippen LogP contribution >= 0.6 is 0 Å². The van der Waals surface area contributed by atoms with Crippen molar-refractivity contribution in [1.82, 2.24) is 0 Å². The summed E-state index contributed by atoms with van der Waals surface area (Å²) in [4.78, 5) is 23.7. The van der Waals surface area contributed by atoms with Gasteiger partial charge in [-0.2, -0.15) is 5.26 Å². The first-order valence-electron chi connectivity index (χ1n) is 6.56. The van der Waals surface area contributed by atoms with Crippen LogP contribution in [0.15, 0.2) is 42.5 Å². The number of nitrogens with zero attached hydrogens (tertiary/aromatic N) is 1. The number of amides is 2. The highest BCUT2D eigenvalue weighted by molar-refractivity contribution is 6.09. The number of carbonyl (C=O) groups is 2. The number of nitrogens with one attached hydrogen (secondary N) is 2. The zero-order chi connectivity index (χ0) is 15.5. The zero-order valence-corrected chi connectivity index (χ0v) is 11.4. The maximum atomic E-state index is 12.3. The van der Waals surface area contributed by atoms with E-state index in [0.29, 0.717) is 28.4 Å². The second-order valence-electron chi connectivity index (χ2n) is 4.65. The molecule has 6 heteroatoms. The SMILES string of the molecule is N#CCC(=O)Nc1ccc2c(c1)C(=O)Nc1ccccc1O2. The summed E-state index contributed by atoms with van der Waals surface area (Å²) in [6.07, 6.45) is -0.245. The van der Waals surface area contributed by atoms with E-state index in [1.54, 1.807) is 36.4 Å². The van der Waals surface area contributed by atoms with Gasteiger partial charge in [-0.15, -0.1) is 0 Å². The van der Waals surface area contributed by atoms with Crippen LogP contribution in [0.1, 0.15) is 16.8 Å². The smallest absolute Gasteiger partial charge is 0.259 e. The van der Waals surface area contributed by atoms with Crippen LogP contribution in [0.5, 0.6) is 11.5 Å². The van der Waals surface area contributed by atoms with Crippen LogP contribution < -0.4 is 15.4 Å². The van der Waals surface area contributed by atoms with E-state index in [4.69, 9.17) is 10.00 Å². The van der Waals surface area contributed by atoms with Gasteiger partial charge in [0.1, 0.15) is 12.2 Å². The minimum atomic E-state index is -0.430. The van der Waals surface area contributed by atoms with Crippen molar-refractivity contribution in [2.75, 3.05) is 10.6 Å². The van der Waals surface area contributed by atoms with Gasteiger partial charge in [-0.1, -0.05) is 12.1 Å². The van der Waals surface area contributed by atoms with Gasteiger partial charge in [0.25, 0.3) is 5.91 Å². The Labute approximate surface area is 126 Å². The molecule has 1 aliphatic heterocycles. The van der Waals surface area contributed by atoms with Gasteiger partial charge in [0.05, 0.1) is 17.3 Å². The van der Waals surface area contributed by atoms with Crippen LogP contribution in [0, 0.1) is 11.3 Å². The number of ether oxygens (including phenoxy) is 1. The molecule has 1 aliphatic rings. The normalized spacial score (nSPS) is 11.9. The number of rotatable bonds is 2. The van der Waals surface area contributed by atoms with Crippen molar-refractivity contribution in [3.8, 4) is 17.6 Å². The summed E-state index contributed by atoms with van der Waals surface area (Å²) in [6.45, 7) is 0. The van der Waals surface area contributed by atoms with E-state index in [2.05, 4.69) is 10.6 Å². The summed E-state index contributed by atoms with van der Waals surface area (Å²) in [6, 6.07) is 13.6. The second-order valence-corrected chi connectivity index (χ2v) is 4.65. The molecule has 2 amide bonds. The van der Waals surface area contributed by atoms with E-state index in [0.717, 1.165) is 0 Å². The lowest BCUT2D eigenvalue weighted by Crippen LogP contribution is -2.13. The first-order valence-corrected chi connectivity index (χ1v) is 6.56. The molecule has 0 spiro atoms. The highest BCUT2D eigenvalue weighted by Gasteiger charge is 2.21. The van der Waals surface area contributed by atoms with Gasteiger partial charge >= 0.3 is 0 Å². The van der Waals surface area contributed by atoms with Crippen LogP contribution in [0.4, 0.5) is 11.4 Å². The Morgan fingerprint density at radius 2 is 2.05 bits per heavy atom. The molecule has 0 bridgehead atoms. The number of fused-ring (bicyclic) bond motifs is 2. The monoisotopic (exact) mass is 293 g/mol. The quantitative estimate of drug-likeness (QED) is 0.890. The topological polar surface area (TPSA) is 91.2 Å². The van der Waals surface area contributed by atoms with Crippen molar-refractivity contribution in [2.24, 2.45) is 0 Å². The standard InChI is InChI=1S/C16H11N3O3/c17-8-7-15(20)18-10-5-6-13-11(9-10)16(21)19-12-3-1-2-4-14(12)22-13/h1-6,9H,7H2,(H,18,20)(H,19,21). The van der Waals surface area contributed by atoms with E-state index in [9.17, 15) is 9.59 Å². The molecule has 2 aromatic rings. The molecule has 0 radical (unpaired) electrons. The van der Waals surface area contributed by atoms with Crippen LogP contribution in [-0.2, 0) is 4.79 Å². The highest BCUT2D eigenvalue weighted by atomic mass is 16.5. The Bertz CT molecular complexity index is 809. The van der Waals surface area contributed by atoms with Crippen molar-refractivity contribution < 1.29 is 14.3 Å². The molecule has 0 aromatic heterocycles. The molecule has 1 heterocycles. The lowest BCUT2D eigenvalue weighted by molar-refractivity contribution is -0.115. The first kappa shape index (κ1) is 13.6. The number of hydrogen-bond donors (Lipinski definition) is 2. The van der Waals surface area contributed by atoms with E-state index in [1.165, 1.54) is 6.07 Å². The van der Waals surface area contributed by atoms with Crippen molar-refractivity contribution in [1.29, 1.82) is 5.26 Å². The summed E-state index contributed by atoms with van der Waals surface area (Å²) in [5.74, 6) is 0.202. The minimum Gasteiger partial charge on any atom is -0.454 e. The maximum absolute atomic E-state index is 12.3. The van der Waals surface area contributed by atoms with Crippen molar-refractivity contribution in [2.45, 2.75) is 6.42 Å². The van der Waals surface area contributed by atoms with Crippen molar-refractivity contribution >= 4 is 23.2 Å². The number of nitriles is 1. The van der Waals surface area contributed by atoms with Crippen LogP contribution in [0.3, 0.4) is 0 Å². The van der Waals surface area contributed by atoms with E-state index in [-0.39, 0.29) is 12.3 Å². The Morgan fingerprint density at radius 3 is 2.86 bits per heavy atom. The summed E-state index contributed by atoms with van der Waals surface area (Å²) < 4.78 is 5.73. The first-order chi connectivity index (χ1) is 10.7. The Kier molecular flexibility index (Phi) is 3.46. The summed E-state index contributed by atoms with van der Waals surface area (Å²) in [5.41, 5.74) is 1.33. The van der Waals surface area contributed by atoms with E-state index < -0.39 is 5.91 Å². The molecule has 108 valence electrons. The third kappa shape index (κ3) is 2.60. The molecule has 2 aromatic carbocycles. The summed E-state index contributed by atoms with van der Waals surface area (Å²) >= 11 is 0. The molecule has 0 fully saturated rings. The zero-order valence-electron chi connectivity index (χ0n) is 11.4. The van der Waals surface area contributed by atoms with Gasteiger partial charge in [0.15, 0.2) is 5.75 Å². The lowest BCUT2D eigenvalue weighted by Gasteiger charge is -2.09. The molecule has 0 saturated heterocycles. The number of carbonyl (C=O) groups excluding carboxylic acids is 2. The van der Waals surface area contributed by atoms with Crippen LogP contribution in [0.2, 0.25) is 0 Å². The molecule has 6 nitrogen and oxygen atoms in total. The fourth-order valence-electron chi connectivity index (χ4n) is 2.12. The summed E-state index contributed by atoms with van der Waals surface area (Å²) in [7, 11) is 0. The molecule has 0 aliphatic carbocycles. The number of para-hydroxylation sites is 2. The third-order valence-electron chi connectivity index (χ3n) is 3.10. The predicted molar refractivity (Wildman–Crippen MR) is 79.8 cm³/mol. The number of hydrogen-bond acceptors (Lipinski definition) is 4. The number of benzene rings is 2. The minimum absolute atomic E-state index is 0.245. The Hall–Kier alpha value is -3.33. The summed E-state index contributed by atoms with van der Waals surface area (Å²) in [5, 5.41) is 13.8. The van der Waals surface area contributed by atoms with Gasteiger partial charge in [-0.05, 0) is 30.3 Å². The molecule has 0 saturated carbocycles. The van der Waals surface area contributed by atoms with E-state index in [1.807, 2.05) is 6.07 Å². The second kappa shape index (κ2) is 5.58. The Morgan fingerprint density at radius 1 is 1.23 bits per heavy atom. The Balaban J connectivity index is 1.94. The molecular weight excluding hydrogens is 282 g/mol. The van der Waals surface area contributed by atoms with Crippen LogP contribution in [-0.4, -0.2) is 11.8 Å². The predicted octanol–water partition coefficient (Wildman–Crippen LogP) is 2.90. The van der Waals surface area contributed by atoms with Gasteiger partial charge in [0, 0.05) is 5.69 Å². The molecule has 2 N–H and O–H groups in total. The maximum Gasteiger partial charge on any atom is 0.259 e. The molecule has 0 atom stereocenters. The van der Waals surface area contributed by atoms with Gasteiger partial charge in [-0.3, -0.25) is 9.59 Å². The third-order valence-corrected chi connectivity index (χ3v) is 3.10. The average molecular weight is 293 g/mol. The van der Waals surface area contributed by atoms with E-state index >= 15 is 0 Å². The van der Waals surface area contributed by atoms with Crippen molar-refractivity contribution in [3.63, 3.8) is 0 Å². The van der Waals surface area contributed by atoms with Gasteiger partial charge < -0.3 is 15.4 Å². The average Bonchev–Trinajstić information content (AvgIpc) is 2.64.